The van der Waals surface area contributed by atoms with Crippen molar-refractivity contribution in [2.75, 3.05) is 37.7 Å². The summed E-state index contributed by atoms with van der Waals surface area (Å²) in [5.74, 6) is 1.98. The number of nitrogens with zero attached hydrogens (tertiary/aromatic N) is 2. The molecule has 2 aliphatic rings. The van der Waals surface area contributed by atoms with Crippen LogP contribution in [0.5, 0.6) is 5.75 Å². The maximum atomic E-state index is 12.6. The lowest BCUT2D eigenvalue weighted by atomic mass is 9.86. The molecule has 2 aromatic carbocycles. The zero-order chi connectivity index (χ0) is 25.3. The Bertz CT molecular complexity index is 1410. The van der Waals surface area contributed by atoms with Crippen molar-refractivity contribution in [3.8, 4) is 5.75 Å². The minimum absolute atomic E-state index is 0.142. The Morgan fingerprint density at radius 1 is 1.17 bits per heavy atom. The van der Waals surface area contributed by atoms with Gasteiger partial charge in [0, 0.05) is 19.5 Å². The lowest BCUT2D eigenvalue weighted by Crippen LogP contribution is -2.46. The highest BCUT2D eigenvalue weighted by Gasteiger charge is 2.36. The third-order valence-corrected chi connectivity index (χ3v) is 6.59. The molecule has 0 bridgehead atoms. The number of aliphatic hydroxyl groups excluding tert-OH is 1. The van der Waals surface area contributed by atoms with Gasteiger partial charge in [-0.15, -0.1) is 0 Å². The quantitative estimate of drug-likeness (QED) is 0.308. The zero-order valence-electron chi connectivity index (χ0n) is 20.9. The molecular formula is C28H32N4O4. The molecule has 3 N–H and O–H groups in total. The van der Waals surface area contributed by atoms with E-state index in [4.69, 9.17) is 9.47 Å². The molecule has 8 nitrogen and oxygen atoms in total. The summed E-state index contributed by atoms with van der Waals surface area (Å²) in [6.07, 6.45) is 2.07. The number of aromatic amines is 1. The molecule has 0 spiro atoms. The minimum Gasteiger partial charge on any atom is -0.511 e. The maximum Gasteiger partial charge on any atom is 0.259 e. The number of aryl methyl sites for hydroxylation is 1. The van der Waals surface area contributed by atoms with E-state index in [0.717, 1.165) is 30.1 Å². The summed E-state index contributed by atoms with van der Waals surface area (Å²) in [5.41, 5.74) is 2.42. The Morgan fingerprint density at radius 3 is 2.72 bits per heavy atom. The van der Waals surface area contributed by atoms with Gasteiger partial charge in [0.2, 0.25) is 0 Å². The van der Waals surface area contributed by atoms with Gasteiger partial charge >= 0.3 is 0 Å². The van der Waals surface area contributed by atoms with Crippen LogP contribution in [0.3, 0.4) is 0 Å². The third-order valence-electron chi connectivity index (χ3n) is 6.59. The Kier molecular flexibility index (Phi) is 6.45. The van der Waals surface area contributed by atoms with Gasteiger partial charge < -0.3 is 29.8 Å². The van der Waals surface area contributed by atoms with Gasteiger partial charge in [0.25, 0.3) is 5.56 Å². The number of hydrogen-bond acceptors (Lipinski definition) is 7. The van der Waals surface area contributed by atoms with Crippen molar-refractivity contribution in [2.45, 2.75) is 32.7 Å². The van der Waals surface area contributed by atoms with Gasteiger partial charge in [-0.2, -0.15) is 0 Å². The Labute approximate surface area is 210 Å². The van der Waals surface area contributed by atoms with E-state index < -0.39 is 5.54 Å². The number of allylic oxidation sites excluding steroid dienone is 2. The first kappa shape index (κ1) is 23.9. The molecule has 1 atom stereocenters. The molecule has 1 aliphatic heterocycles. The molecule has 3 aromatic rings. The van der Waals surface area contributed by atoms with E-state index in [-0.39, 0.29) is 11.3 Å². The molecule has 1 aliphatic carbocycles. The van der Waals surface area contributed by atoms with Gasteiger partial charge in [0.1, 0.15) is 36.3 Å². The molecule has 0 saturated carbocycles. The Balaban J connectivity index is 1.37. The summed E-state index contributed by atoms with van der Waals surface area (Å²) in [6, 6.07) is 13.4. The highest BCUT2D eigenvalue weighted by atomic mass is 16.5. The molecule has 36 heavy (non-hydrogen) atoms. The molecule has 1 aromatic heterocycles. The predicted octanol–water partition coefficient (Wildman–Crippen LogP) is 4.07. The number of ether oxygens (including phenoxy) is 2. The monoisotopic (exact) mass is 488 g/mol. The first-order valence-corrected chi connectivity index (χ1v) is 12.4. The van der Waals surface area contributed by atoms with E-state index in [9.17, 15) is 9.90 Å². The molecule has 1 fully saturated rings. The number of hydrogen-bond donors (Lipinski definition) is 3. The van der Waals surface area contributed by atoms with Crippen LogP contribution >= 0.6 is 0 Å². The van der Waals surface area contributed by atoms with Crippen molar-refractivity contribution in [3.05, 3.63) is 81.8 Å². The van der Waals surface area contributed by atoms with Crippen LogP contribution in [0, 0.1) is 6.92 Å². The van der Waals surface area contributed by atoms with Crippen LogP contribution in [0.4, 0.5) is 5.69 Å². The van der Waals surface area contributed by atoms with Gasteiger partial charge in [0.05, 0.1) is 27.7 Å². The number of aliphatic hydroxyl groups is 1. The number of fused-ring (bicyclic) bond motifs is 1. The minimum atomic E-state index is -0.603. The van der Waals surface area contributed by atoms with Gasteiger partial charge in [0.15, 0.2) is 0 Å². The van der Waals surface area contributed by atoms with E-state index in [0.29, 0.717) is 54.2 Å². The summed E-state index contributed by atoms with van der Waals surface area (Å²) < 4.78 is 12.3. The SMILES string of the molecule is CCNC1(C)CC(O)=C(c2nc3ccccc3c(=O)[nH]2)C=C1OCCOc1cc(C)ccc1N1CC1. The molecule has 188 valence electrons. The number of H-pyrrole nitrogens is 1. The van der Waals surface area contributed by atoms with Gasteiger partial charge in [-0.25, -0.2) is 4.98 Å². The largest absolute Gasteiger partial charge is 0.511 e. The van der Waals surface area contributed by atoms with Crippen LogP contribution in [0.1, 0.15) is 31.7 Å². The fraction of sp³-hybridized carbons (Fsp3) is 0.357. The topological polar surface area (TPSA) is 99.5 Å². The van der Waals surface area contributed by atoms with Crippen LogP contribution < -0.4 is 20.5 Å². The number of nitrogens with one attached hydrogen (secondary N) is 2. The predicted molar refractivity (Wildman–Crippen MR) is 142 cm³/mol. The lowest BCUT2D eigenvalue weighted by Gasteiger charge is -2.36. The second-order valence-electron chi connectivity index (χ2n) is 9.50. The Morgan fingerprint density at radius 2 is 1.94 bits per heavy atom. The second-order valence-corrected chi connectivity index (χ2v) is 9.50. The van der Waals surface area contributed by atoms with E-state index in [2.05, 4.69) is 45.3 Å². The highest BCUT2D eigenvalue weighted by molar-refractivity contribution is 5.81. The average Bonchev–Trinajstić information content (AvgIpc) is 3.68. The first-order valence-electron chi connectivity index (χ1n) is 12.4. The molecule has 2 heterocycles. The van der Waals surface area contributed by atoms with Gasteiger partial charge in [-0.1, -0.05) is 25.1 Å². The van der Waals surface area contributed by atoms with Crippen LogP contribution in [0.2, 0.25) is 0 Å². The van der Waals surface area contributed by atoms with Crippen LogP contribution in [-0.2, 0) is 4.74 Å². The van der Waals surface area contributed by atoms with E-state index in [1.807, 2.05) is 19.9 Å². The standard InChI is InChI=1S/C28H32N4O4/c1-4-29-28(3)17-23(33)20(26-30-21-8-6-5-7-19(21)27(34)31-26)16-25(28)36-14-13-35-24-15-18(2)9-10-22(24)32-11-12-32/h5-10,15-16,29,33H,4,11-14,17H2,1-3H3,(H,30,31,34). The average molecular weight is 489 g/mol. The summed E-state index contributed by atoms with van der Waals surface area (Å²) in [4.78, 5) is 22.3. The summed E-state index contributed by atoms with van der Waals surface area (Å²) in [7, 11) is 0. The number of anilines is 1. The number of rotatable bonds is 9. The second kappa shape index (κ2) is 9.70. The summed E-state index contributed by atoms with van der Waals surface area (Å²) >= 11 is 0. The zero-order valence-corrected chi connectivity index (χ0v) is 20.9. The first-order chi connectivity index (χ1) is 17.4. The fourth-order valence-corrected chi connectivity index (χ4v) is 4.64. The van der Waals surface area contributed by atoms with Crippen LogP contribution in [-0.4, -0.2) is 53.5 Å². The molecule has 1 unspecified atom stereocenters. The van der Waals surface area contributed by atoms with Crippen LogP contribution in [0.15, 0.2) is 64.9 Å². The number of aromatic nitrogens is 2. The van der Waals surface area contributed by atoms with Crippen molar-refractivity contribution >= 4 is 22.2 Å². The maximum absolute atomic E-state index is 12.6. The van der Waals surface area contributed by atoms with Crippen molar-refractivity contribution in [3.63, 3.8) is 0 Å². The number of para-hydroxylation sites is 1. The molecule has 8 heteroatoms. The van der Waals surface area contributed by atoms with E-state index >= 15 is 0 Å². The normalized spacial score (nSPS) is 19.4. The smallest absolute Gasteiger partial charge is 0.259 e. The number of benzene rings is 2. The summed E-state index contributed by atoms with van der Waals surface area (Å²) in [6.45, 7) is 9.55. The lowest BCUT2D eigenvalue weighted by molar-refractivity contribution is 0.114. The molecule has 0 amide bonds. The van der Waals surface area contributed by atoms with E-state index in [1.54, 1.807) is 24.3 Å². The van der Waals surface area contributed by atoms with Crippen molar-refractivity contribution < 1.29 is 14.6 Å². The number of likely N-dealkylation sites (N-methyl/N-ethyl adjacent to an activating group) is 1. The highest BCUT2D eigenvalue weighted by Crippen LogP contribution is 2.36. The van der Waals surface area contributed by atoms with E-state index in [1.165, 1.54) is 0 Å². The third kappa shape index (κ3) is 4.81. The van der Waals surface area contributed by atoms with Crippen molar-refractivity contribution in [2.24, 2.45) is 0 Å². The van der Waals surface area contributed by atoms with Crippen molar-refractivity contribution in [1.82, 2.24) is 15.3 Å². The fourth-order valence-electron chi connectivity index (χ4n) is 4.64. The molecular weight excluding hydrogens is 456 g/mol. The molecule has 0 radical (unpaired) electrons. The molecule has 5 rings (SSSR count). The molecule has 1 saturated heterocycles. The van der Waals surface area contributed by atoms with Crippen molar-refractivity contribution in [1.29, 1.82) is 0 Å². The summed E-state index contributed by atoms with van der Waals surface area (Å²) in [5, 5.41) is 14.9. The van der Waals surface area contributed by atoms with Gasteiger partial charge in [-0.3, -0.25) is 4.79 Å². The van der Waals surface area contributed by atoms with Gasteiger partial charge in [-0.05, 0) is 56.3 Å². The Hall–Kier alpha value is -3.78. The van der Waals surface area contributed by atoms with Crippen LogP contribution in [0.25, 0.3) is 16.5 Å².